The maximum absolute atomic E-state index is 11.5. The fourth-order valence-corrected chi connectivity index (χ4v) is 1.24. The van der Waals surface area contributed by atoms with E-state index in [0.29, 0.717) is 11.4 Å². The first-order valence-corrected chi connectivity index (χ1v) is 5.77. The molecule has 5 heteroatoms. The number of carbonyl (C=O) groups excluding carboxylic acids is 1. The average Bonchev–Trinajstić information content (AvgIpc) is 2.13. The van der Waals surface area contributed by atoms with Crippen molar-refractivity contribution in [3.8, 4) is 0 Å². The molecule has 0 aliphatic rings. The molecule has 0 aliphatic carbocycles. The van der Waals surface area contributed by atoms with Gasteiger partial charge in [-0.1, -0.05) is 6.07 Å². The molecule has 1 rings (SSSR count). The number of pyridine rings is 1. The topological polar surface area (TPSA) is 71.5 Å². The number of hydrogen-bond donors (Lipinski definition) is 2. The van der Waals surface area contributed by atoms with E-state index in [9.17, 15) is 9.90 Å². The van der Waals surface area contributed by atoms with Gasteiger partial charge in [0.1, 0.15) is 11.4 Å². The van der Waals surface area contributed by atoms with Gasteiger partial charge in [-0.05, 0) is 40.7 Å². The Kier molecular flexibility index (Phi) is 3.96. The van der Waals surface area contributed by atoms with E-state index >= 15 is 0 Å². The van der Waals surface area contributed by atoms with Crippen LogP contribution in [-0.4, -0.2) is 21.8 Å². The lowest BCUT2D eigenvalue weighted by atomic mass is 10.0. The van der Waals surface area contributed by atoms with Gasteiger partial charge >= 0.3 is 6.09 Å². The molecule has 1 aromatic rings. The summed E-state index contributed by atoms with van der Waals surface area (Å²) in [6, 6.07) is 3.33. The lowest BCUT2D eigenvalue weighted by molar-refractivity contribution is 0.0635. The first-order valence-electron chi connectivity index (χ1n) is 5.77. The normalized spacial score (nSPS) is 12.1. The quantitative estimate of drug-likeness (QED) is 0.848. The van der Waals surface area contributed by atoms with Crippen molar-refractivity contribution in [2.45, 2.75) is 45.8 Å². The molecule has 5 nitrogen and oxygen atoms in total. The molecule has 0 aliphatic heterocycles. The predicted molar refractivity (Wildman–Crippen MR) is 69.3 cm³/mol. The summed E-state index contributed by atoms with van der Waals surface area (Å²) in [7, 11) is 0. The SMILES string of the molecule is CC(C)(C)OC(=O)Nc1ccc(C(C)(C)O)cn1. The highest BCUT2D eigenvalue weighted by Crippen LogP contribution is 2.19. The summed E-state index contributed by atoms with van der Waals surface area (Å²) in [5, 5.41) is 12.3. The Hall–Kier alpha value is -1.62. The third-order valence-corrected chi connectivity index (χ3v) is 2.10. The minimum Gasteiger partial charge on any atom is -0.444 e. The molecule has 18 heavy (non-hydrogen) atoms. The third kappa shape index (κ3) is 4.71. The van der Waals surface area contributed by atoms with Crippen LogP contribution in [0.2, 0.25) is 0 Å². The molecule has 100 valence electrons. The van der Waals surface area contributed by atoms with E-state index in [1.54, 1.807) is 46.8 Å². The van der Waals surface area contributed by atoms with Crippen LogP contribution in [0.1, 0.15) is 40.2 Å². The molecule has 0 bridgehead atoms. The fourth-order valence-electron chi connectivity index (χ4n) is 1.24. The van der Waals surface area contributed by atoms with Gasteiger partial charge in [0, 0.05) is 11.8 Å². The third-order valence-electron chi connectivity index (χ3n) is 2.10. The van der Waals surface area contributed by atoms with Crippen LogP contribution in [0.25, 0.3) is 0 Å². The summed E-state index contributed by atoms with van der Waals surface area (Å²) in [6.45, 7) is 8.71. The Morgan fingerprint density at radius 1 is 1.28 bits per heavy atom. The Morgan fingerprint density at radius 2 is 1.89 bits per heavy atom. The summed E-state index contributed by atoms with van der Waals surface area (Å²) >= 11 is 0. The molecule has 0 unspecified atom stereocenters. The highest BCUT2D eigenvalue weighted by atomic mass is 16.6. The van der Waals surface area contributed by atoms with Crippen molar-refractivity contribution in [2.75, 3.05) is 5.32 Å². The highest BCUT2D eigenvalue weighted by molar-refractivity contribution is 5.83. The average molecular weight is 252 g/mol. The standard InChI is InChI=1S/C13H20N2O3/c1-12(2,3)18-11(16)15-10-7-6-9(8-14-10)13(4,5)17/h6-8,17H,1-5H3,(H,14,15,16). The van der Waals surface area contributed by atoms with E-state index < -0.39 is 17.3 Å². The Balaban J connectivity index is 2.67. The predicted octanol–water partition coefficient (Wildman–Crippen LogP) is 2.66. The van der Waals surface area contributed by atoms with Gasteiger partial charge in [0.25, 0.3) is 0 Å². The van der Waals surface area contributed by atoms with Gasteiger partial charge in [-0.15, -0.1) is 0 Å². The van der Waals surface area contributed by atoms with Crippen molar-refractivity contribution in [1.29, 1.82) is 0 Å². The molecule has 0 saturated heterocycles. The Bertz CT molecular complexity index is 413. The van der Waals surface area contributed by atoms with Crippen molar-refractivity contribution in [3.63, 3.8) is 0 Å². The van der Waals surface area contributed by atoms with Gasteiger partial charge in [0.05, 0.1) is 5.60 Å². The van der Waals surface area contributed by atoms with Gasteiger partial charge in [0.15, 0.2) is 0 Å². The van der Waals surface area contributed by atoms with Crippen molar-refractivity contribution in [3.05, 3.63) is 23.9 Å². The second-order valence-corrected chi connectivity index (χ2v) is 5.62. The first kappa shape index (κ1) is 14.4. The molecule has 0 saturated carbocycles. The number of nitrogens with one attached hydrogen (secondary N) is 1. The number of hydrogen-bond acceptors (Lipinski definition) is 4. The van der Waals surface area contributed by atoms with Crippen molar-refractivity contribution >= 4 is 11.9 Å². The number of rotatable bonds is 2. The van der Waals surface area contributed by atoms with Crippen LogP contribution in [0, 0.1) is 0 Å². The molecule has 2 N–H and O–H groups in total. The molecular formula is C13H20N2O3. The molecule has 0 aromatic carbocycles. The number of ether oxygens (including phenoxy) is 1. The van der Waals surface area contributed by atoms with E-state index in [1.165, 1.54) is 6.20 Å². The van der Waals surface area contributed by atoms with Gasteiger partial charge in [-0.3, -0.25) is 5.32 Å². The van der Waals surface area contributed by atoms with Crippen LogP contribution in [0.3, 0.4) is 0 Å². The van der Waals surface area contributed by atoms with Crippen LogP contribution >= 0.6 is 0 Å². The van der Waals surface area contributed by atoms with Gasteiger partial charge in [-0.2, -0.15) is 0 Å². The lowest BCUT2D eigenvalue weighted by Crippen LogP contribution is -2.27. The number of anilines is 1. The summed E-state index contributed by atoms with van der Waals surface area (Å²) in [6.07, 6.45) is 0.971. The summed E-state index contributed by atoms with van der Waals surface area (Å²) in [4.78, 5) is 15.5. The van der Waals surface area contributed by atoms with E-state index in [-0.39, 0.29) is 0 Å². The monoisotopic (exact) mass is 252 g/mol. The van der Waals surface area contributed by atoms with Crippen molar-refractivity contribution in [1.82, 2.24) is 4.98 Å². The van der Waals surface area contributed by atoms with Crippen LogP contribution in [0.15, 0.2) is 18.3 Å². The van der Waals surface area contributed by atoms with Crippen molar-refractivity contribution in [2.24, 2.45) is 0 Å². The zero-order valence-electron chi connectivity index (χ0n) is 11.4. The van der Waals surface area contributed by atoms with Gasteiger partial charge < -0.3 is 9.84 Å². The van der Waals surface area contributed by atoms with Crippen LogP contribution < -0.4 is 5.32 Å². The summed E-state index contributed by atoms with van der Waals surface area (Å²) < 4.78 is 5.10. The minimum atomic E-state index is -0.947. The molecule has 0 atom stereocenters. The number of nitrogens with zero attached hydrogens (tertiary/aromatic N) is 1. The Morgan fingerprint density at radius 3 is 2.28 bits per heavy atom. The molecule has 1 heterocycles. The van der Waals surface area contributed by atoms with Crippen LogP contribution in [0.4, 0.5) is 10.6 Å². The van der Waals surface area contributed by atoms with E-state index in [1.807, 2.05) is 0 Å². The molecule has 0 fully saturated rings. The van der Waals surface area contributed by atoms with E-state index in [0.717, 1.165) is 0 Å². The second-order valence-electron chi connectivity index (χ2n) is 5.62. The number of aromatic nitrogens is 1. The number of carbonyl (C=O) groups is 1. The molecule has 1 amide bonds. The number of amides is 1. The summed E-state index contributed by atoms with van der Waals surface area (Å²) in [5.41, 5.74) is -0.814. The Labute approximate surface area is 107 Å². The molecule has 0 radical (unpaired) electrons. The second kappa shape index (κ2) is 4.94. The fraction of sp³-hybridized carbons (Fsp3) is 0.538. The zero-order chi connectivity index (χ0) is 14.0. The van der Waals surface area contributed by atoms with Crippen LogP contribution in [0.5, 0.6) is 0 Å². The number of aliphatic hydroxyl groups is 1. The smallest absolute Gasteiger partial charge is 0.413 e. The molecule has 1 aromatic heterocycles. The van der Waals surface area contributed by atoms with E-state index in [2.05, 4.69) is 10.3 Å². The zero-order valence-corrected chi connectivity index (χ0v) is 11.4. The lowest BCUT2D eigenvalue weighted by Gasteiger charge is -2.20. The van der Waals surface area contributed by atoms with Crippen molar-refractivity contribution < 1.29 is 14.6 Å². The van der Waals surface area contributed by atoms with Crippen LogP contribution in [-0.2, 0) is 10.3 Å². The van der Waals surface area contributed by atoms with E-state index in [4.69, 9.17) is 4.74 Å². The maximum Gasteiger partial charge on any atom is 0.413 e. The minimum absolute atomic E-state index is 0.386. The maximum atomic E-state index is 11.5. The largest absolute Gasteiger partial charge is 0.444 e. The molecule has 0 spiro atoms. The van der Waals surface area contributed by atoms with Gasteiger partial charge in [0.2, 0.25) is 0 Å². The van der Waals surface area contributed by atoms with Gasteiger partial charge in [-0.25, -0.2) is 9.78 Å². The highest BCUT2D eigenvalue weighted by Gasteiger charge is 2.18. The first-order chi connectivity index (χ1) is 8.08. The summed E-state index contributed by atoms with van der Waals surface area (Å²) in [5.74, 6) is 0.386. The molecular weight excluding hydrogens is 232 g/mol.